The number of carbonyl (C=O) groups is 1. The lowest BCUT2D eigenvalue weighted by atomic mass is 10.1. The minimum Gasteiger partial charge on any atom is -0.480 e. The number of hydrogen-bond acceptors (Lipinski definition) is 3. The molecule has 0 saturated heterocycles. The molecule has 5 heteroatoms. The van der Waals surface area contributed by atoms with Crippen LogP contribution in [0.2, 0.25) is 0 Å². The van der Waals surface area contributed by atoms with Crippen LogP contribution in [0.25, 0.3) is 5.69 Å². The number of carboxylic acid groups (broad SMARTS) is 1. The highest BCUT2D eigenvalue weighted by atomic mass is 16.4. The third-order valence-electron chi connectivity index (χ3n) is 3.40. The number of hydrogen-bond donors (Lipinski definition) is 2. The maximum absolute atomic E-state index is 11.2. The predicted molar refractivity (Wildman–Crippen MR) is 81.4 cm³/mol. The fourth-order valence-electron chi connectivity index (χ4n) is 2.15. The summed E-state index contributed by atoms with van der Waals surface area (Å²) < 4.78 is 1.79. The average molecular weight is 287 g/mol. The molecule has 1 aromatic carbocycles. The maximum Gasteiger partial charge on any atom is 0.320 e. The molecule has 1 unspecified atom stereocenters. The van der Waals surface area contributed by atoms with Crippen molar-refractivity contribution >= 4 is 5.97 Å². The van der Waals surface area contributed by atoms with Crippen molar-refractivity contribution in [2.45, 2.75) is 38.8 Å². The Morgan fingerprint density at radius 3 is 2.71 bits per heavy atom. The first-order chi connectivity index (χ1) is 10.2. The molecule has 1 aromatic heterocycles. The van der Waals surface area contributed by atoms with Gasteiger partial charge in [0, 0.05) is 18.9 Å². The quantitative estimate of drug-likeness (QED) is 0.783. The van der Waals surface area contributed by atoms with Crippen molar-refractivity contribution in [3.63, 3.8) is 0 Å². The van der Waals surface area contributed by atoms with Gasteiger partial charge in [0.1, 0.15) is 6.04 Å². The van der Waals surface area contributed by atoms with E-state index < -0.39 is 12.0 Å². The van der Waals surface area contributed by atoms with Crippen LogP contribution in [0.4, 0.5) is 0 Å². The van der Waals surface area contributed by atoms with Crippen molar-refractivity contribution in [1.82, 2.24) is 15.1 Å². The lowest BCUT2D eigenvalue weighted by Gasteiger charge is -2.14. The van der Waals surface area contributed by atoms with Crippen LogP contribution >= 0.6 is 0 Å². The van der Waals surface area contributed by atoms with Crippen LogP contribution in [-0.2, 0) is 11.3 Å². The van der Waals surface area contributed by atoms with E-state index >= 15 is 0 Å². The van der Waals surface area contributed by atoms with Gasteiger partial charge >= 0.3 is 5.97 Å². The zero-order valence-electron chi connectivity index (χ0n) is 12.2. The molecule has 0 saturated carbocycles. The summed E-state index contributed by atoms with van der Waals surface area (Å²) in [6, 6.07) is 9.33. The molecule has 5 nitrogen and oxygen atoms in total. The smallest absolute Gasteiger partial charge is 0.320 e. The van der Waals surface area contributed by atoms with Crippen LogP contribution < -0.4 is 5.32 Å². The molecule has 112 valence electrons. The zero-order valence-corrected chi connectivity index (χ0v) is 12.2. The van der Waals surface area contributed by atoms with Crippen molar-refractivity contribution in [3.05, 3.63) is 48.3 Å². The van der Waals surface area contributed by atoms with Gasteiger partial charge in [0.25, 0.3) is 0 Å². The molecule has 21 heavy (non-hydrogen) atoms. The minimum atomic E-state index is -0.781. The van der Waals surface area contributed by atoms with Gasteiger partial charge in [0.15, 0.2) is 0 Å². The van der Waals surface area contributed by atoms with E-state index in [1.807, 2.05) is 36.5 Å². The van der Waals surface area contributed by atoms with E-state index in [1.165, 1.54) is 0 Å². The Balaban J connectivity index is 1.92. The fraction of sp³-hybridized carbons (Fsp3) is 0.375. The van der Waals surface area contributed by atoms with Crippen LogP contribution in [-0.4, -0.2) is 26.9 Å². The van der Waals surface area contributed by atoms with Gasteiger partial charge < -0.3 is 10.4 Å². The van der Waals surface area contributed by atoms with Crippen molar-refractivity contribution in [3.8, 4) is 5.69 Å². The topological polar surface area (TPSA) is 67.2 Å². The van der Waals surface area contributed by atoms with Gasteiger partial charge in [-0.25, -0.2) is 4.68 Å². The van der Waals surface area contributed by atoms with Crippen LogP contribution in [0, 0.1) is 0 Å². The standard InChI is InChI=1S/C16H21N3O2/c1-2-3-5-15(16(20)21)17-12-13-6-8-14(9-7-13)19-11-4-10-18-19/h4,6-11,15,17H,2-3,5,12H2,1H3,(H,20,21). The second kappa shape index (κ2) is 7.59. The molecule has 2 rings (SSSR count). The fourth-order valence-corrected chi connectivity index (χ4v) is 2.15. The summed E-state index contributed by atoms with van der Waals surface area (Å²) in [5.41, 5.74) is 2.05. The number of aromatic nitrogens is 2. The van der Waals surface area contributed by atoms with E-state index in [9.17, 15) is 9.90 Å². The normalized spacial score (nSPS) is 12.2. The van der Waals surface area contributed by atoms with E-state index in [0.717, 1.165) is 24.1 Å². The summed E-state index contributed by atoms with van der Waals surface area (Å²) in [4.78, 5) is 11.2. The first-order valence-corrected chi connectivity index (χ1v) is 7.26. The first kappa shape index (κ1) is 15.3. The Hall–Kier alpha value is -2.14. The molecule has 1 heterocycles. The average Bonchev–Trinajstić information content (AvgIpc) is 3.02. The highest BCUT2D eigenvalue weighted by Crippen LogP contribution is 2.09. The SMILES string of the molecule is CCCCC(NCc1ccc(-n2cccn2)cc1)C(=O)O. The second-order valence-corrected chi connectivity index (χ2v) is 5.03. The first-order valence-electron chi connectivity index (χ1n) is 7.26. The summed E-state index contributed by atoms with van der Waals surface area (Å²) in [5, 5.41) is 16.4. The molecule has 0 amide bonds. The molecule has 1 atom stereocenters. The number of aliphatic carboxylic acids is 1. The van der Waals surface area contributed by atoms with Gasteiger partial charge in [-0.1, -0.05) is 31.9 Å². The maximum atomic E-state index is 11.2. The van der Waals surface area contributed by atoms with Crippen LogP contribution in [0.3, 0.4) is 0 Å². The summed E-state index contributed by atoms with van der Waals surface area (Å²) in [6.45, 7) is 2.62. The summed E-state index contributed by atoms with van der Waals surface area (Å²) in [5.74, 6) is -0.781. The van der Waals surface area contributed by atoms with Gasteiger partial charge in [-0.05, 0) is 30.2 Å². The Labute approximate surface area is 124 Å². The third-order valence-corrected chi connectivity index (χ3v) is 3.40. The van der Waals surface area contributed by atoms with Gasteiger partial charge in [0.05, 0.1) is 5.69 Å². The van der Waals surface area contributed by atoms with E-state index in [-0.39, 0.29) is 0 Å². The van der Waals surface area contributed by atoms with E-state index in [2.05, 4.69) is 17.3 Å². The molecule has 0 aliphatic rings. The molecular formula is C16H21N3O2. The Bertz CT molecular complexity index is 549. The van der Waals surface area contributed by atoms with Gasteiger partial charge in [0.2, 0.25) is 0 Å². The number of unbranched alkanes of at least 4 members (excludes halogenated alkanes) is 1. The van der Waals surface area contributed by atoms with E-state index in [1.54, 1.807) is 10.9 Å². The molecule has 2 aromatic rings. The highest BCUT2D eigenvalue weighted by Gasteiger charge is 2.15. The van der Waals surface area contributed by atoms with Crippen LogP contribution in [0.1, 0.15) is 31.7 Å². The van der Waals surface area contributed by atoms with Crippen LogP contribution in [0.15, 0.2) is 42.7 Å². The molecule has 0 radical (unpaired) electrons. The third kappa shape index (κ3) is 4.43. The zero-order chi connectivity index (χ0) is 15.1. The monoisotopic (exact) mass is 287 g/mol. The lowest BCUT2D eigenvalue weighted by Crippen LogP contribution is -2.36. The van der Waals surface area contributed by atoms with Gasteiger partial charge in [-0.15, -0.1) is 0 Å². The van der Waals surface area contributed by atoms with E-state index in [0.29, 0.717) is 13.0 Å². The second-order valence-electron chi connectivity index (χ2n) is 5.03. The van der Waals surface area contributed by atoms with Gasteiger partial charge in [-0.2, -0.15) is 5.10 Å². The number of nitrogens with one attached hydrogen (secondary N) is 1. The number of carboxylic acids is 1. The molecule has 0 bridgehead atoms. The van der Waals surface area contributed by atoms with Crippen molar-refractivity contribution < 1.29 is 9.90 Å². The van der Waals surface area contributed by atoms with Crippen LogP contribution in [0.5, 0.6) is 0 Å². The van der Waals surface area contributed by atoms with E-state index in [4.69, 9.17) is 0 Å². The Kier molecular flexibility index (Phi) is 5.51. The molecule has 0 fully saturated rings. The molecule has 0 aliphatic heterocycles. The summed E-state index contributed by atoms with van der Waals surface area (Å²) in [7, 11) is 0. The number of nitrogens with zero attached hydrogens (tertiary/aromatic N) is 2. The largest absolute Gasteiger partial charge is 0.480 e. The Morgan fingerprint density at radius 1 is 1.38 bits per heavy atom. The number of benzene rings is 1. The number of rotatable bonds is 8. The highest BCUT2D eigenvalue weighted by molar-refractivity contribution is 5.73. The summed E-state index contributed by atoms with van der Waals surface area (Å²) in [6.07, 6.45) is 6.21. The molecule has 0 spiro atoms. The molecule has 2 N–H and O–H groups in total. The molecule has 0 aliphatic carbocycles. The van der Waals surface area contributed by atoms with Gasteiger partial charge in [-0.3, -0.25) is 4.79 Å². The van der Waals surface area contributed by atoms with Crippen molar-refractivity contribution in [1.29, 1.82) is 0 Å². The predicted octanol–water partition coefficient (Wildman–Crippen LogP) is 2.61. The minimum absolute atomic E-state index is 0.476. The summed E-state index contributed by atoms with van der Waals surface area (Å²) >= 11 is 0. The van der Waals surface area contributed by atoms with Crippen molar-refractivity contribution in [2.24, 2.45) is 0 Å². The Morgan fingerprint density at radius 2 is 2.14 bits per heavy atom. The molecular weight excluding hydrogens is 266 g/mol. The lowest BCUT2D eigenvalue weighted by molar-refractivity contribution is -0.139. The van der Waals surface area contributed by atoms with Crippen molar-refractivity contribution in [2.75, 3.05) is 0 Å².